The van der Waals surface area contributed by atoms with E-state index in [2.05, 4.69) is 39.6 Å². The van der Waals surface area contributed by atoms with Gasteiger partial charge in [-0.05, 0) is 54.8 Å². The van der Waals surface area contributed by atoms with E-state index < -0.39 is 0 Å². The van der Waals surface area contributed by atoms with Gasteiger partial charge >= 0.3 is 0 Å². The van der Waals surface area contributed by atoms with Crippen LogP contribution in [-0.4, -0.2) is 19.4 Å². The van der Waals surface area contributed by atoms with Crippen molar-refractivity contribution in [3.8, 4) is 5.75 Å². The fourth-order valence-corrected chi connectivity index (χ4v) is 2.28. The van der Waals surface area contributed by atoms with E-state index in [0.29, 0.717) is 6.61 Å². The molecule has 0 heterocycles. The van der Waals surface area contributed by atoms with Gasteiger partial charge < -0.3 is 10.1 Å². The standard InChI is InChI=1S/C15H16BrNOS/c1-19-15-8-6-14(7-9-15)18-11-10-17-13-4-2-12(16)3-5-13/h2-9,17H,10-11H2,1H3. The van der Waals surface area contributed by atoms with E-state index in [1.165, 1.54) is 4.90 Å². The van der Waals surface area contributed by atoms with Crippen LogP contribution in [0, 0.1) is 0 Å². The summed E-state index contributed by atoms with van der Waals surface area (Å²) in [4.78, 5) is 1.25. The van der Waals surface area contributed by atoms with Crippen LogP contribution < -0.4 is 10.1 Å². The minimum absolute atomic E-state index is 0.647. The lowest BCUT2D eigenvalue weighted by atomic mass is 10.3. The highest BCUT2D eigenvalue weighted by Gasteiger charge is 1.95. The van der Waals surface area contributed by atoms with Gasteiger partial charge in [-0.3, -0.25) is 0 Å². The Morgan fingerprint density at radius 3 is 2.37 bits per heavy atom. The SMILES string of the molecule is CSc1ccc(OCCNc2ccc(Br)cc2)cc1. The molecule has 0 saturated heterocycles. The number of thioether (sulfide) groups is 1. The molecule has 1 N–H and O–H groups in total. The number of hydrogen-bond acceptors (Lipinski definition) is 3. The zero-order valence-electron chi connectivity index (χ0n) is 10.7. The summed E-state index contributed by atoms with van der Waals surface area (Å²) in [7, 11) is 0. The van der Waals surface area contributed by atoms with Crippen molar-refractivity contribution in [1.82, 2.24) is 0 Å². The molecule has 0 aliphatic carbocycles. The molecule has 2 rings (SSSR count). The Morgan fingerprint density at radius 1 is 1.05 bits per heavy atom. The van der Waals surface area contributed by atoms with Gasteiger partial charge in [0.15, 0.2) is 0 Å². The summed E-state index contributed by atoms with van der Waals surface area (Å²) in [5.41, 5.74) is 1.10. The summed E-state index contributed by atoms with van der Waals surface area (Å²) in [6.07, 6.45) is 2.07. The van der Waals surface area contributed by atoms with Crippen LogP contribution in [0.5, 0.6) is 5.75 Å². The maximum Gasteiger partial charge on any atom is 0.119 e. The van der Waals surface area contributed by atoms with Gasteiger partial charge in [-0.2, -0.15) is 0 Å². The van der Waals surface area contributed by atoms with Crippen LogP contribution in [0.15, 0.2) is 57.9 Å². The Kier molecular flexibility index (Phi) is 5.61. The summed E-state index contributed by atoms with van der Waals surface area (Å²) in [6, 6.07) is 16.3. The molecule has 100 valence electrons. The molecule has 0 fully saturated rings. The Labute approximate surface area is 126 Å². The molecule has 0 aromatic heterocycles. The number of benzene rings is 2. The molecule has 0 radical (unpaired) electrons. The molecular weight excluding hydrogens is 322 g/mol. The first-order chi connectivity index (χ1) is 9.28. The summed E-state index contributed by atoms with van der Waals surface area (Å²) < 4.78 is 6.76. The maximum atomic E-state index is 5.67. The van der Waals surface area contributed by atoms with Crippen LogP contribution in [0.2, 0.25) is 0 Å². The third-order valence-electron chi connectivity index (χ3n) is 2.60. The first-order valence-electron chi connectivity index (χ1n) is 6.04. The molecule has 0 saturated carbocycles. The van der Waals surface area contributed by atoms with E-state index in [4.69, 9.17) is 4.74 Å². The number of rotatable bonds is 6. The largest absolute Gasteiger partial charge is 0.492 e. The quantitative estimate of drug-likeness (QED) is 0.611. The highest BCUT2D eigenvalue weighted by atomic mass is 79.9. The summed E-state index contributed by atoms with van der Waals surface area (Å²) >= 11 is 5.15. The average molecular weight is 338 g/mol. The monoisotopic (exact) mass is 337 g/mol. The van der Waals surface area contributed by atoms with Crippen LogP contribution in [0.4, 0.5) is 5.69 Å². The van der Waals surface area contributed by atoms with Gasteiger partial charge in [0.1, 0.15) is 12.4 Å². The minimum atomic E-state index is 0.647. The number of nitrogens with one attached hydrogen (secondary N) is 1. The number of halogens is 1. The van der Waals surface area contributed by atoms with Gasteiger partial charge in [0, 0.05) is 21.6 Å². The molecule has 0 amide bonds. The molecule has 0 aliphatic rings. The van der Waals surface area contributed by atoms with E-state index in [-0.39, 0.29) is 0 Å². The highest BCUT2D eigenvalue weighted by Crippen LogP contribution is 2.19. The second kappa shape index (κ2) is 7.46. The Bertz CT molecular complexity index is 499. The van der Waals surface area contributed by atoms with Gasteiger partial charge in [-0.25, -0.2) is 0 Å². The first-order valence-corrected chi connectivity index (χ1v) is 8.06. The molecule has 0 spiro atoms. The lowest BCUT2D eigenvalue weighted by molar-refractivity contribution is 0.332. The molecule has 0 aliphatic heterocycles. The Balaban J connectivity index is 1.72. The van der Waals surface area contributed by atoms with Crippen molar-refractivity contribution in [3.63, 3.8) is 0 Å². The van der Waals surface area contributed by atoms with Crippen LogP contribution in [0.25, 0.3) is 0 Å². The summed E-state index contributed by atoms with van der Waals surface area (Å²) in [5, 5.41) is 3.31. The molecule has 2 aromatic carbocycles. The van der Waals surface area contributed by atoms with Crippen LogP contribution >= 0.6 is 27.7 Å². The zero-order chi connectivity index (χ0) is 13.5. The van der Waals surface area contributed by atoms with E-state index in [9.17, 15) is 0 Å². The second-order valence-electron chi connectivity index (χ2n) is 3.96. The van der Waals surface area contributed by atoms with E-state index in [1.807, 2.05) is 36.4 Å². The lowest BCUT2D eigenvalue weighted by Crippen LogP contribution is -2.11. The van der Waals surface area contributed by atoms with Crippen molar-refractivity contribution in [2.45, 2.75) is 4.90 Å². The van der Waals surface area contributed by atoms with E-state index >= 15 is 0 Å². The van der Waals surface area contributed by atoms with Crippen LogP contribution in [0.1, 0.15) is 0 Å². The van der Waals surface area contributed by atoms with Gasteiger partial charge in [-0.1, -0.05) is 15.9 Å². The maximum absolute atomic E-state index is 5.67. The normalized spacial score (nSPS) is 10.2. The lowest BCUT2D eigenvalue weighted by Gasteiger charge is -2.09. The van der Waals surface area contributed by atoms with Crippen LogP contribution in [-0.2, 0) is 0 Å². The van der Waals surface area contributed by atoms with E-state index in [0.717, 1.165) is 22.5 Å². The van der Waals surface area contributed by atoms with Crippen molar-refractivity contribution in [1.29, 1.82) is 0 Å². The molecule has 0 atom stereocenters. The van der Waals surface area contributed by atoms with Crippen LogP contribution in [0.3, 0.4) is 0 Å². The molecule has 2 nitrogen and oxygen atoms in total. The molecular formula is C15H16BrNOS. The Hall–Kier alpha value is -1.13. The van der Waals surface area contributed by atoms with Crippen molar-refractivity contribution < 1.29 is 4.74 Å². The van der Waals surface area contributed by atoms with Crippen molar-refractivity contribution in [3.05, 3.63) is 53.0 Å². The van der Waals surface area contributed by atoms with Gasteiger partial charge in [-0.15, -0.1) is 11.8 Å². The number of ether oxygens (including phenoxy) is 1. The van der Waals surface area contributed by atoms with Gasteiger partial charge in [0.25, 0.3) is 0 Å². The van der Waals surface area contributed by atoms with Crippen molar-refractivity contribution >= 4 is 33.4 Å². The predicted octanol–water partition coefficient (Wildman–Crippen LogP) is 4.66. The highest BCUT2D eigenvalue weighted by molar-refractivity contribution is 9.10. The third-order valence-corrected chi connectivity index (χ3v) is 3.88. The molecule has 0 bridgehead atoms. The first kappa shape index (κ1) is 14.3. The summed E-state index contributed by atoms with van der Waals surface area (Å²) in [5.74, 6) is 0.912. The van der Waals surface area contributed by atoms with E-state index in [1.54, 1.807) is 11.8 Å². The average Bonchev–Trinajstić information content (AvgIpc) is 2.46. The topological polar surface area (TPSA) is 21.3 Å². The third kappa shape index (κ3) is 4.80. The zero-order valence-corrected chi connectivity index (χ0v) is 13.1. The van der Waals surface area contributed by atoms with Crippen molar-refractivity contribution in [2.75, 3.05) is 24.7 Å². The molecule has 0 unspecified atom stereocenters. The number of hydrogen-bond donors (Lipinski definition) is 1. The van der Waals surface area contributed by atoms with Crippen molar-refractivity contribution in [2.24, 2.45) is 0 Å². The Morgan fingerprint density at radius 2 is 1.74 bits per heavy atom. The number of anilines is 1. The smallest absolute Gasteiger partial charge is 0.119 e. The molecule has 2 aromatic rings. The second-order valence-corrected chi connectivity index (χ2v) is 5.75. The fourth-order valence-electron chi connectivity index (χ4n) is 1.60. The molecule has 4 heteroatoms. The minimum Gasteiger partial charge on any atom is -0.492 e. The predicted molar refractivity (Wildman–Crippen MR) is 86.3 cm³/mol. The summed E-state index contributed by atoms with van der Waals surface area (Å²) in [6.45, 7) is 1.43. The van der Waals surface area contributed by atoms with Gasteiger partial charge in [0.2, 0.25) is 0 Å². The molecule has 19 heavy (non-hydrogen) atoms. The fraction of sp³-hybridized carbons (Fsp3) is 0.200. The van der Waals surface area contributed by atoms with Gasteiger partial charge in [0.05, 0.1) is 0 Å².